The standard InChI is InChI=1S/C29H34N6O6/c1-6-10-23-30-24(25(29(4,5)38)35(23)18(3)41-28(37)39-7-2)27(36)40-17-19-13-15-20(16-14-19)21-11-8-9-12-22(21)26-31-33-34-32-26/h8-9,11-16,18,38H,6-7,10,17H2,1-5H3,(H,31,32,33,34). The molecule has 41 heavy (non-hydrogen) atoms. The van der Waals surface area contributed by atoms with Crippen molar-refractivity contribution in [3.05, 3.63) is 71.3 Å². The second-order valence-corrected chi connectivity index (χ2v) is 9.87. The van der Waals surface area contributed by atoms with E-state index in [1.54, 1.807) is 18.4 Å². The van der Waals surface area contributed by atoms with E-state index in [-0.39, 0.29) is 24.6 Å². The van der Waals surface area contributed by atoms with E-state index in [9.17, 15) is 14.7 Å². The fourth-order valence-electron chi connectivity index (χ4n) is 4.55. The predicted octanol–water partition coefficient (Wildman–Crippen LogP) is 4.96. The number of carbonyl (C=O) groups is 2. The van der Waals surface area contributed by atoms with Gasteiger partial charge in [-0.15, -0.1) is 5.10 Å². The number of benzene rings is 2. The molecule has 216 valence electrons. The van der Waals surface area contributed by atoms with Crippen LogP contribution in [0.25, 0.3) is 22.5 Å². The predicted molar refractivity (Wildman–Crippen MR) is 148 cm³/mol. The average molecular weight is 563 g/mol. The maximum Gasteiger partial charge on any atom is 0.510 e. The molecule has 1 unspecified atom stereocenters. The summed E-state index contributed by atoms with van der Waals surface area (Å²) < 4.78 is 17.5. The molecule has 0 aliphatic carbocycles. The maximum absolute atomic E-state index is 13.3. The zero-order chi connectivity index (χ0) is 29.6. The third-order valence-electron chi connectivity index (χ3n) is 6.29. The van der Waals surface area contributed by atoms with E-state index in [1.165, 1.54) is 13.8 Å². The number of rotatable bonds is 11. The van der Waals surface area contributed by atoms with Gasteiger partial charge in [0.25, 0.3) is 0 Å². The largest absolute Gasteiger partial charge is 0.510 e. The lowest BCUT2D eigenvalue weighted by molar-refractivity contribution is -0.00509. The molecule has 0 radical (unpaired) electrons. The van der Waals surface area contributed by atoms with Gasteiger partial charge >= 0.3 is 12.1 Å². The fourth-order valence-corrected chi connectivity index (χ4v) is 4.55. The van der Waals surface area contributed by atoms with E-state index in [2.05, 4.69) is 25.6 Å². The van der Waals surface area contributed by atoms with E-state index in [1.807, 2.05) is 55.5 Å². The Bertz CT molecular complexity index is 1470. The first-order chi connectivity index (χ1) is 19.6. The van der Waals surface area contributed by atoms with E-state index < -0.39 is 24.0 Å². The third kappa shape index (κ3) is 6.77. The van der Waals surface area contributed by atoms with Crippen LogP contribution in [-0.4, -0.2) is 54.0 Å². The summed E-state index contributed by atoms with van der Waals surface area (Å²) in [5.74, 6) is 0.345. The Hall–Kier alpha value is -4.58. The van der Waals surface area contributed by atoms with Crippen LogP contribution in [0.3, 0.4) is 0 Å². The van der Waals surface area contributed by atoms with Gasteiger partial charge < -0.3 is 19.3 Å². The molecule has 2 heterocycles. The van der Waals surface area contributed by atoms with E-state index in [4.69, 9.17) is 14.2 Å². The highest BCUT2D eigenvalue weighted by molar-refractivity contribution is 5.89. The number of aromatic nitrogens is 6. The molecule has 0 saturated heterocycles. The van der Waals surface area contributed by atoms with Gasteiger partial charge in [-0.1, -0.05) is 55.5 Å². The molecule has 0 spiro atoms. The van der Waals surface area contributed by atoms with Crippen molar-refractivity contribution in [1.29, 1.82) is 0 Å². The average Bonchev–Trinajstić information content (AvgIpc) is 3.61. The smallest absolute Gasteiger partial charge is 0.456 e. The SMILES string of the molecule is CCCc1nc(C(=O)OCc2ccc(-c3ccccc3-c3nnn[nH]3)cc2)c(C(C)(C)O)n1C(C)OC(=O)OCC. The number of hydrogen-bond acceptors (Lipinski definition) is 10. The molecule has 12 nitrogen and oxygen atoms in total. The number of aliphatic hydroxyl groups is 1. The van der Waals surface area contributed by atoms with Gasteiger partial charge in [-0.3, -0.25) is 4.57 Å². The van der Waals surface area contributed by atoms with Gasteiger partial charge in [-0.25, -0.2) is 19.7 Å². The molecule has 12 heteroatoms. The second-order valence-electron chi connectivity index (χ2n) is 9.87. The number of carbonyl (C=O) groups excluding carboxylic acids is 2. The summed E-state index contributed by atoms with van der Waals surface area (Å²) in [6, 6.07) is 15.3. The highest BCUT2D eigenvalue weighted by Gasteiger charge is 2.35. The first-order valence-electron chi connectivity index (χ1n) is 13.4. The fraction of sp³-hybridized carbons (Fsp3) is 0.379. The van der Waals surface area contributed by atoms with Gasteiger partial charge in [-0.2, -0.15) is 0 Å². The molecular formula is C29H34N6O6. The Kier molecular flexibility index (Phi) is 9.13. The molecule has 4 aromatic rings. The van der Waals surface area contributed by atoms with Crippen molar-refractivity contribution in [2.45, 2.75) is 65.9 Å². The summed E-state index contributed by atoms with van der Waals surface area (Å²) >= 11 is 0. The van der Waals surface area contributed by atoms with E-state index >= 15 is 0 Å². The Morgan fingerprint density at radius 1 is 1.05 bits per heavy atom. The molecule has 0 aliphatic rings. The lowest BCUT2D eigenvalue weighted by Crippen LogP contribution is -2.28. The number of nitrogens with zero attached hydrogens (tertiary/aromatic N) is 5. The lowest BCUT2D eigenvalue weighted by atomic mass is 9.98. The molecule has 1 atom stereocenters. The molecule has 0 bridgehead atoms. The molecule has 2 aromatic heterocycles. The zero-order valence-electron chi connectivity index (χ0n) is 23.7. The van der Waals surface area contributed by atoms with Gasteiger partial charge in [-0.05, 0) is 61.2 Å². The lowest BCUT2D eigenvalue weighted by Gasteiger charge is -2.25. The normalized spacial score (nSPS) is 12.1. The van der Waals surface area contributed by atoms with Crippen molar-refractivity contribution >= 4 is 12.1 Å². The van der Waals surface area contributed by atoms with Crippen LogP contribution >= 0.6 is 0 Å². The Morgan fingerprint density at radius 3 is 2.37 bits per heavy atom. The van der Waals surface area contributed by atoms with Crippen LogP contribution in [0.4, 0.5) is 4.79 Å². The molecular weight excluding hydrogens is 528 g/mol. The number of H-pyrrole nitrogens is 1. The third-order valence-corrected chi connectivity index (χ3v) is 6.29. The van der Waals surface area contributed by atoms with Crippen LogP contribution in [-0.2, 0) is 32.8 Å². The van der Waals surface area contributed by atoms with Crippen molar-refractivity contribution in [3.63, 3.8) is 0 Å². The van der Waals surface area contributed by atoms with Gasteiger partial charge in [0.15, 0.2) is 17.7 Å². The van der Waals surface area contributed by atoms with E-state index in [0.29, 0.717) is 24.5 Å². The first kappa shape index (κ1) is 29.4. The molecule has 0 aliphatic heterocycles. The Morgan fingerprint density at radius 2 is 1.76 bits per heavy atom. The number of esters is 1. The van der Waals surface area contributed by atoms with Gasteiger partial charge in [0.1, 0.15) is 18.0 Å². The van der Waals surface area contributed by atoms with Crippen molar-refractivity contribution in [1.82, 2.24) is 30.2 Å². The van der Waals surface area contributed by atoms with Gasteiger partial charge in [0, 0.05) is 12.0 Å². The van der Waals surface area contributed by atoms with E-state index in [0.717, 1.165) is 22.3 Å². The number of aromatic amines is 1. The first-order valence-corrected chi connectivity index (χ1v) is 13.4. The van der Waals surface area contributed by atoms with Crippen LogP contribution in [0.1, 0.15) is 74.8 Å². The molecule has 0 saturated carbocycles. The minimum Gasteiger partial charge on any atom is -0.456 e. The van der Waals surface area contributed by atoms with Crippen LogP contribution in [0.2, 0.25) is 0 Å². The zero-order valence-corrected chi connectivity index (χ0v) is 23.7. The quantitative estimate of drug-likeness (QED) is 0.240. The topological polar surface area (TPSA) is 154 Å². The molecule has 0 amide bonds. The number of hydrogen-bond donors (Lipinski definition) is 2. The molecule has 4 rings (SSSR count). The number of tetrazole rings is 1. The van der Waals surface area contributed by atoms with Crippen molar-refractivity contribution in [3.8, 4) is 22.5 Å². The number of nitrogens with one attached hydrogen (secondary N) is 1. The molecule has 2 N–H and O–H groups in total. The van der Waals surface area contributed by atoms with Crippen LogP contribution in [0, 0.1) is 0 Å². The maximum atomic E-state index is 13.3. The van der Waals surface area contributed by atoms with Crippen molar-refractivity contribution < 1.29 is 28.9 Å². The summed E-state index contributed by atoms with van der Waals surface area (Å²) in [5, 5.41) is 25.2. The Labute approximate surface area is 237 Å². The highest BCUT2D eigenvalue weighted by atomic mass is 16.7. The number of imidazole rings is 1. The summed E-state index contributed by atoms with van der Waals surface area (Å²) in [7, 11) is 0. The number of ether oxygens (including phenoxy) is 3. The Balaban J connectivity index is 1.56. The molecule has 0 fully saturated rings. The van der Waals surface area contributed by atoms with Crippen LogP contribution < -0.4 is 0 Å². The second kappa shape index (κ2) is 12.7. The van der Waals surface area contributed by atoms with Crippen LogP contribution in [0.15, 0.2) is 48.5 Å². The summed E-state index contributed by atoms with van der Waals surface area (Å²) in [6.07, 6.45) is -0.537. The summed E-state index contributed by atoms with van der Waals surface area (Å²) in [5.41, 5.74) is 2.16. The van der Waals surface area contributed by atoms with Crippen molar-refractivity contribution in [2.24, 2.45) is 0 Å². The summed E-state index contributed by atoms with van der Waals surface area (Å²) in [4.78, 5) is 29.8. The van der Waals surface area contributed by atoms with Crippen LogP contribution in [0.5, 0.6) is 0 Å². The van der Waals surface area contributed by atoms with Gasteiger partial charge in [0.2, 0.25) is 0 Å². The molecule has 2 aromatic carbocycles. The van der Waals surface area contributed by atoms with Crippen molar-refractivity contribution in [2.75, 3.05) is 6.61 Å². The highest BCUT2D eigenvalue weighted by Crippen LogP contribution is 2.32. The monoisotopic (exact) mass is 562 g/mol. The number of aryl methyl sites for hydroxylation is 1. The minimum absolute atomic E-state index is 0.0110. The minimum atomic E-state index is -1.49. The summed E-state index contributed by atoms with van der Waals surface area (Å²) in [6.45, 7) is 8.47. The van der Waals surface area contributed by atoms with Gasteiger partial charge in [0.05, 0.1) is 12.3 Å².